The number of hydrogen-bond donors (Lipinski definition) is 1. The molecule has 2 heterocycles. The normalized spacial score (nSPS) is 22.0. The van der Waals surface area contributed by atoms with Gasteiger partial charge < -0.3 is 9.88 Å². The molecule has 0 bridgehead atoms. The van der Waals surface area contributed by atoms with Gasteiger partial charge in [-0.25, -0.2) is 4.98 Å². The first kappa shape index (κ1) is 13.6. The number of aromatic nitrogens is 2. The summed E-state index contributed by atoms with van der Waals surface area (Å²) in [4.78, 5) is 4.37. The SMILES string of the molecule is CCCCCC(C)n1cncc1C1CCCCN1. The van der Waals surface area contributed by atoms with E-state index in [1.165, 1.54) is 50.6 Å². The molecule has 3 nitrogen and oxygen atoms in total. The van der Waals surface area contributed by atoms with Gasteiger partial charge in [0, 0.05) is 18.3 Å². The molecule has 18 heavy (non-hydrogen) atoms. The van der Waals surface area contributed by atoms with Crippen molar-refractivity contribution in [3.8, 4) is 0 Å². The lowest BCUT2D eigenvalue weighted by Crippen LogP contribution is -2.29. The standard InChI is InChI=1S/C15H27N3/c1-3-4-5-8-13(2)18-12-16-11-15(18)14-9-6-7-10-17-14/h11-14,17H,3-10H2,1-2H3. The summed E-state index contributed by atoms with van der Waals surface area (Å²) >= 11 is 0. The number of imidazole rings is 1. The molecule has 0 radical (unpaired) electrons. The lowest BCUT2D eigenvalue weighted by Gasteiger charge is -2.26. The summed E-state index contributed by atoms with van der Waals surface area (Å²) < 4.78 is 2.39. The predicted molar refractivity (Wildman–Crippen MR) is 75.7 cm³/mol. The van der Waals surface area contributed by atoms with Crippen LogP contribution in [-0.4, -0.2) is 16.1 Å². The first-order valence-corrected chi connectivity index (χ1v) is 7.58. The Morgan fingerprint density at radius 2 is 2.33 bits per heavy atom. The van der Waals surface area contributed by atoms with Gasteiger partial charge in [0.1, 0.15) is 0 Å². The van der Waals surface area contributed by atoms with Crippen LogP contribution in [0.25, 0.3) is 0 Å². The van der Waals surface area contributed by atoms with Crippen molar-refractivity contribution in [1.82, 2.24) is 14.9 Å². The smallest absolute Gasteiger partial charge is 0.0951 e. The van der Waals surface area contributed by atoms with Crippen molar-refractivity contribution in [3.05, 3.63) is 18.2 Å². The van der Waals surface area contributed by atoms with Gasteiger partial charge in [0.25, 0.3) is 0 Å². The monoisotopic (exact) mass is 249 g/mol. The van der Waals surface area contributed by atoms with Crippen LogP contribution in [0, 0.1) is 0 Å². The van der Waals surface area contributed by atoms with E-state index in [-0.39, 0.29) is 0 Å². The lowest BCUT2D eigenvalue weighted by atomic mass is 10.0. The highest BCUT2D eigenvalue weighted by molar-refractivity contribution is 5.07. The van der Waals surface area contributed by atoms with Crippen molar-refractivity contribution in [2.75, 3.05) is 6.54 Å². The van der Waals surface area contributed by atoms with Crippen molar-refractivity contribution >= 4 is 0 Å². The second-order valence-corrected chi connectivity index (χ2v) is 5.57. The Bertz CT molecular complexity index is 339. The average molecular weight is 249 g/mol. The molecule has 1 aliphatic rings. The number of rotatable bonds is 6. The summed E-state index contributed by atoms with van der Waals surface area (Å²) in [6, 6.07) is 1.10. The molecule has 3 heteroatoms. The molecule has 0 aromatic carbocycles. The molecule has 1 fully saturated rings. The maximum Gasteiger partial charge on any atom is 0.0951 e. The van der Waals surface area contributed by atoms with Gasteiger partial charge in [-0.1, -0.05) is 32.6 Å². The highest BCUT2D eigenvalue weighted by atomic mass is 15.1. The molecular formula is C15H27N3. The molecule has 1 aliphatic heterocycles. The van der Waals surface area contributed by atoms with Gasteiger partial charge in [-0.2, -0.15) is 0 Å². The minimum absolute atomic E-state index is 0.523. The Hall–Kier alpha value is -0.830. The van der Waals surface area contributed by atoms with Crippen LogP contribution in [0.15, 0.2) is 12.5 Å². The molecule has 0 aliphatic carbocycles. The van der Waals surface area contributed by atoms with Crippen LogP contribution in [0.2, 0.25) is 0 Å². The van der Waals surface area contributed by atoms with Gasteiger partial charge in [0.05, 0.1) is 12.0 Å². The summed E-state index contributed by atoms with van der Waals surface area (Å²) in [6.45, 7) is 5.74. The maximum atomic E-state index is 4.37. The van der Waals surface area contributed by atoms with E-state index in [0.717, 1.165) is 6.54 Å². The summed E-state index contributed by atoms with van der Waals surface area (Å²) in [5.74, 6) is 0. The Balaban J connectivity index is 1.97. The van der Waals surface area contributed by atoms with E-state index in [1.54, 1.807) is 0 Å². The van der Waals surface area contributed by atoms with E-state index >= 15 is 0 Å². The Morgan fingerprint density at radius 3 is 3.06 bits per heavy atom. The fourth-order valence-electron chi connectivity index (χ4n) is 2.89. The Labute approximate surface area is 111 Å². The molecule has 2 rings (SSSR count). The van der Waals surface area contributed by atoms with Crippen LogP contribution in [-0.2, 0) is 0 Å². The van der Waals surface area contributed by atoms with E-state index in [9.17, 15) is 0 Å². The van der Waals surface area contributed by atoms with Gasteiger partial charge in [-0.15, -0.1) is 0 Å². The average Bonchev–Trinajstić information content (AvgIpc) is 2.89. The summed E-state index contributed by atoms with van der Waals surface area (Å²) in [6.07, 6.45) is 13.2. The van der Waals surface area contributed by atoms with Crippen molar-refractivity contribution < 1.29 is 0 Å². The van der Waals surface area contributed by atoms with Gasteiger partial charge in [-0.05, 0) is 32.7 Å². The van der Waals surface area contributed by atoms with Crippen LogP contribution in [0.1, 0.15) is 76.6 Å². The minimum atomic E-state index is 0.523. The van der Waals surface area contributed by atoms with Crippen LogP contribution in [0.5, 0.6) is 0 Å². The zero-order chi connectivity index (χ0) is 12.8. The van der Waals surface area contributed by atoms with E-state index in [4.69, 9.17) is 0 Å². The van der Waals surface area contributed by atoms with Crippen molar-refractivity contribution in [2.45, 2.75) is 70.9 Å². The van der Waals surface area contributed by atoms with Crippen LogP contribution < -0.4 is 5.32 Å². The van der Waals surface area contributed by atoms with Gasteiger partial charge >= 0.3 is 0 Å². The van der Waals surface area contributed by atoms with Crippen molar-refractivity contribution in [2.24, 2.45) is 0 Å². The predicted octanol–water partition coefficient (Wildman–Crippen LogP) is 3.84. The molecule has 2 unspecified atom stereocenters. The van der Waals surface area contributed by atoms with Gasteiger partial charge in [0.2, 0.25) is 0 Å². The largest absolute Gasteiger partial charge is 0.330 e. The van der Waals surface area contributed by atoms with Crippen molar-refractivity contribution in [1.29, 1.82) is 0 Å². The third-order valence-corrected chi connectivity index (χ3v) is 4.06. The first-order chi connectivity index (χ1) is 8.83. The third-order valence-electron chi connectivity index (χ3n) is 4.06. The number of nitrogens with zero attached hydrogens (tertiary/aromatic N) is 2. The summed E-state index contributed by atoms with van der Waals surface area (Å²) in [7, 11) is 0. The minimum Gasteiger partial charge on any atom is -0.330 e. The fraction of sp³-hybridized carbons (Fsp3) is 0.800. The Kier molecular flexibility index (Phi) is 5.24. The molecule has 2 atom stereocenters. The van der Waals surface area contributed by atoms with E-state index in [0.29, 0.717) is 12.1 Å². The maximum absolute atomic E-state index is 4.37. The topological polar surface area (TPSA) is 29.9 Å². The van der Waals surface area contributed by atoms with Gasteiger partial charge in [0.15, 0.2) is 0 Å². The second-order valence-electron chi connectivity index (χ2n) is 5.57. The molecule has 0 saturated carbocycles. The molecule has 1 aromatic heterocycles. The molecule has 102 valence electrons. The number of unbranched alkanes of at least 4 members (excludes halogenated alkanes) is 2. The van der Waals surface area contributed by atoms with Crippen LogP contribution in [0.4, 0.5) is 0 Å². The lowest BCUT2D eigenvalue weighted by molar-refractivity contribution is 0.374. The summed E-state index contributed by atoms with van der Waals surface area (Å²) in [5, 5.41) is 3.62. The van der Waals surface area contributed by atoms with E-state index < -0.39 is 0 Å². The molecule has 1 N–H and O–H groups in total. The van der Waals surface area contributed by atoms with Crippen LogP contribution >= 0.6 is 0 Å². The Morgan fingerprint density at radius 1 is 1.44 bits per heavy atom. The van der Waals surface area contributed by atoms with Crippen LogP contribution in [0.3, 0.4) is 0 Å². The molecule has 1 saturated heterocycles. The second kappa shape index (κ2) is 6.93. The van der Waals surface area contributed by atoms with E-state index in [1.807, 2.05) is 6.33 Å². The molecule has 1 aromatic rings. The quantitative estimate of drug-likeness (QED) is 0.776. The third kappa shape index (κ3) is 3.35. The number of hydrogen-bond acceptors (Lipinski definition) is 2. The highest BCUT2D eigenvalue weighted by Crippen LogP contribution is 2.26. The molecular weight excluding hydrogens is 222 g/mol. The van der Waals surface area contributed by atoms with Gasteiger partial charge in [-0.3, -0.25) is 0 Å². The number of piperidine rings is 1. The number of nitrogens with one attached hydrogen (secondary N) is 1. The fourth-order valence-corrected chi connectivity index (χ4v) is 2.89. The zero-order valence-corrected chi connectivity index (χ0v) is 11.9. The summed E-state index contributed by atoms with van der Waals surface area (Å²) in [5.41, 5.74) is 1.39. The highest BCUT2D eigenvalue weighted by Gasteiger charge is 2.20. The zero-order valence-electron chi connectivity index (χ0n) is 11.9. The first-order valence-electron chi connectivity index (χ1n) is 7.58. The molecule has 0 amide bonds. The van der Waals surface area contributed by atoms with Crippen molar-refractivity contribution in [3.63, 3.8) is 0 Å². The molecule has 0 spiro atoms. The van der Waals surface area contributed by atoms with E-state index in [2.05, 4.69) is 34.9 Å².